The van der Waals surface area contributed by atoms with Crippen molar-refractivity contribution in [1.29, 1.82) is 0 Å². The lowest BCUT2D eigenvalue weighted by Crippen LogP contribution is -2.55. The van der Waals surface area contributed by atoms with Crippen molar-refractivity contribution in [3.8, 4) is 5.75 Å². The van der Waals surface area contributed by atoms with E-state index in [1.165, 1.54) is 24.8 Å². The van der Waals surface area contributed by atoms with E-state index in [2.05, 4.69) is 44.3 Å². The number of amides is 1. The van der Waals surface area contributed by atoms with E-state index >= 15 is 0 Å². The summed E-state index contributed by atoms with van der Waals surface area (Å²) in [6.45, 7) is 12.5. The number of benzene rings is 1. The third kappa shape index (κ3) is 5.75. The molecule has 44 heavy (non-hydrogen) atoms. The van der Waals surface area contributed by atoms with Gasteiger partial charge in [0.1, 0.15) is 17.6 Å². The van der Waals surface area contributed by atoms with E-state index in [4.69, 9.17) is 19.2 Å². The molecule has 1 aliphatic heterocycles. The highest BCUT2D eigenvalue weighted by Crippen LogP contribution is 2.65. The van der Waals surface area contributed by atoms with Crippen molar-refractivity contribution in [3.05, 3.63) is 53.2 Å². The van der Waals surface area contributed by atoms with Crippen LogP contribution in [0.5, 0.6) is 5.75 Å². The molecular formula is C35H50N4O5. The summed E-state index contributed by atoms with van der Waals surface area (Å²) < 4.78 is 17.3. The molecule has 0 radical (unpaired) electrons. The van der Waals surface area contributed by atoms with Crippen LogP contribution in [0.2, 0.25) is 0 Å². The van der Waals surface area contributed by atoms with Crippen LogP contribution in [0, 0.1) is 17.3 Å². The van der Waals surface area contributed by atoms with Gasteiger partial charge in [-0.1, -0.05) is 39.0 Å². The molecule has 3 saturated carbocycles. The lowest BCUT2D eigenvalue weighted by molar-refractivity contribution is -0.151. The van der Waals surface area contributed by atoms with Crippen molar-refractivity contribution in [3.63, 3.8) is 0 Å². The van der Waals surface area contributed by atoms with Gasteiger partial charge in [-0.2, -0.15) is 0 Å². The number of hydrogen-bond donors (Lipinski definition) is 1. The predicted molar refractivity (Wildman–Crippen MR) is 171 cm³/mol. The van der Waals surface area contributed by atoms with Crippen LogP contribution in [0.25, 0.3) is 0 Å². The number of carbonyl (C=O) groups excluding carboxylic acids is 2. The number of esters is 1. The van der Waals surface area contributed by atoms with E-state index in [1.807, 2.05) is 45.0 Å². The van der Waals surface area contributed by atoms with Gasteiger partial charge in [0.15, 0.2) is 0 Å². The standard InChI is InChI=1S/C35H50N4O5/c1-10-43-32(40)30-27(34(4,5)6)28(37-20-23-16-24(13-14-26(23)42-9)35-17-22(18-35)19-35)29(39(30)33(41)44-21(2)3)25-12-11-15-36-31(25)38(7)8/h11-16,21-22,27-30,37H,10,17-20H2,1-9H3/t22?,27-,28-,29-,30-,35?/m0/s1. The number of nitrogens with zero attached hydrogens (tertiary/aromatic N) is 3. The van der Waals surface area contributed by atoms with Crippen LogP contribution in [-0.2, 0) is 26.2 Å². The Bertz CT molecular complexity index is 1350. The van der Waals surface area contributed by atoms with E-state index in [0.717, 1.165) is 28.6 Å². The van der Waals surface area contributed by atoms with Crippen LogP contribution in [0.1, 0.15) is 83.5 Å². The molecule has 1 aromatic heterocycles. The van der Waals surface area contributed by atoms with Crippen LogP contribution in [-0.4, -0.2) is 67.9 Å². The number of rotatable bonds is 10. The normalized spacial score (nSPS) is 27.4. The Morgan fingerprint density at radius 3 is 2.41 bits per heavy atom. The lowest BCUT2D eigenvalue weighted by atomic mass is 9.42. The summed E-state index contributed by atoms with van der Waals surface area (Å²) in [7, 11) is 5.58. The zero-order valence-corrected chi connectivity index (χ0v) is 27.8. The molecule has 2 bridgehead atoms. The van der Waals surface area contributed by atoms with E-state index in [0.29, 0.717) is 12.0 Å². The largest absolute Gasteiger partial charge is 0.496 e. The fourth-order valence-corrected chi connectivity index (χ4v) is 7.80. The van der Waals surface area contributed by atoms with Crippen molar-refractivity contribution in [2.75, 3.05) is 32.7 Å². The van der Waals surface area contributed by atoms with Crippen LogP contribution < -0.4 is 15.0 Å². The van der Waals surface area contributed by atoms with Crippen molar-refractivity contribution >= 4 is 17.9 Å². The second-order valence-corrected chi connectivity index (χ2v) is 14.4. The topological polar surface area (TPSA) is 93.2 Å². The van der Waals surface area contributed by atoms with Gasteiger partial charge in [0.25, 0.3) is 0 Å². The molecule has 0 unspecified atom stereocenters. The van der Waals surface area contributed by atoms with E-state index < -0.39 is 29.6 Å². The summed E-state index contributed by atoms with van der Waals surface area (Å²) in [6, 6.07) is 8.70. The van der Waals surface area contributed by atoms with Crippen LogP contribution in [0.4, 0.5) is 10.6 Å². The molecule has 6 rings (SSSR count). The maximum absolute atomic E-state index is 14.0. The maximum Gasteiger partial charge on any atom is 0.411 e. The predicted octanol–water partition coefficient (Wildman–Crippen LogP) is 5.86. The van der Waals surface area contributed by atoms with Crippen molar-refractivity contribution in [2.24, 2.45) is 17.3 Å². The molecule has 240 valence electrons. The summed E-state index contributed by atoms with van der Waals surface area (Å²) in [5.74, 6) is 1.69. The average Bonchev–Trinajstić information content (AvgIpc) is 3.26. The number of nitrogens with one attached hydrogen (secondary N) is 1. The Morgan fingerprint density at radius 2 is 1.86 bits per heavy atom. The zero-order chi connectivity index (χ0) is 32.0. The van der Waals surface area contributed by atoms with Gasteiger partial charge in [-0.3, -0.25) is 4.90 Å². The minimum atomic E-state index is -0.868. The van der Waals surface area contributed by atoms with Crippen LogP contribution in [0.15, 0.2) is 36.5 Å². The number of aromatic nitrogens is 1. The Kier molecular flexibility index (Phi) is 8.91. The Morgan fingerprint density at radius 1 is 1.16 bits per heavy atom. The minimum absolute atomic E-state index is 0.213. The quantitative estimate of drug-likeness (QED) is 0.336. The first-order valence-corrected chi connectivity index (χ1v) is 16.0. The molecule has 1 aromatic carbocycles. The van der Waals surface area contributed by atoms with Crippen molar-refractivity contribution in [2.45, 2.75) is 97.0 Å². The Hall–Kier alpha value is -3.33. The zero-order valence-electron chi connectivity index (χ0n) is 27.8. The van der Waals surface area contributed by atoms with Gasteiger partial charge in [0.05, 0.1) is 25.9 Å². The molecule has 2 aromatic rings. The number of likely N-dealkylation sites (tertiary alicyclic amines) is 1. The van der Waals surface area contributed by atoms with Crippen LogP contribution >= 0.6 is 0 Å². The molecule has 1 N–H and O–H groups in total. The number of carbonyl (C=O) groups is 2. The molecule has 2 heterocycles. The first kappa shape index (κ1) is 32.1. The molecule has 0 spiro atoms. The maximum atomic E-state index is 14.0. The first-order chi connectivity index (χ1) is 20.8. The molecule has 1 amide bonds. The van der Waals surface area contributed by atoms with Gasteiger partial charge in [-0.15, -0.1) is 0 Å². The molecule has 9 heteroatoms. The highest BCUT2D eigenvalue weighted by Gasteiger charge is 2.60. The number of anilines is 1. The molecule has 1 saturated heterocycles. The van der Waals surface area contributed by atoms with Gasteiger partial charge in [-0.05, 0) is 74.5 Å². The Balaban J connectivity index is 1.63. The van der Waals surface area contributed by atoms with Crippen LogP contribution in [0.3, 0.4) is 0 Å². The highest BCUT2D eigenvalue weighted by molar-refractivity contribution is 5.84. The van der Waals surface area contributed by atoms with Gasteiger partial charge < -0.3 is 24.4 Å². The van der Waals surface area contributed by atoms with E-state index in [9.17, 15) is 9.59 Å². The first-order valence-electron chi connectivity index (χ1n) is 16.0. The van der Waals surface area contributed by atoms with Gasteiger partial charge in [-0.25, -0.2) is 14.6 Å². The molecule has 3 aliphatic carbocycles. The smallest absolute Gasteiger partial charge is 0.411 e. The Labute approximate surface area is 262 Å². The van der Waals surface area contributed by atoms with E-state index in [-0.39, 0.29) is 24.7 Å². The van der Waals surface area contributed by atoms with E-state index in [1.54, 1.807) is 25.1 Å². The molecule has 4 atom stereocenters. The van der Waals surface area contributed by atoms with Gasteiger partial charge in [0.2, 0.25) is 0 Å². The summed E-state index contributed by atoms with van der Waals surface area (Å²) in [4.78, 5) is 36.2. The second kappa shape index (κ2) is 12.2. The summed E-state index contributed by atoms with van der Waals surface area (Å²) in [6.07, 6.45) is 4.65. The van der Waals surface area contributed by atoms with Gasteiger partial charge >= 0.3 is 12.1 Å². The average molecular weight is 607 g/mol. The summed E-state index contributed by atoms with van der Waals surface area (Å²) >= 11 is 0. The molecule has 4 aliphatic rings. The lowest BCUT2D eigenvalue weighted by Gasteiger charge is -2.62. The monoisotopic (exact) mass is 606 g/mol. The molecule has 4 fully saturated rings. The van der Waals surface area contributed by atoms with Gasteiger partial charge in [0, 0.05) is 49.9 Å². The summed E-state index contributed by atoms with van der Waals surface area (Å²) in [5.41, 5.74) is 3.21. The third-order valence-corrected chi connectivity index (χ3v) is 9.76. The summed E-state index contributed by atoms with van der Waals surface area (Å²) in [5, 5.41) is 3.85. The van der Waals surface area contributed by atoms with Crippen molar-refractivity contribution in [1.82, 2.24) is 15.2 Å². The third-order valence-electron chi connectivity index (χ3n) is 9.76. The number of ether oxygens (including phenoxy) is 3. The SMILES string of the molecule is CCOC(=O)[C@@H]1[C@@H](C(C)(C)C)[C@H](NCc2cc(C34CC(C3)C4)ccc2OC)[C@H](c2cccnc2N(C)C)N1C(=O)OC(C)C. The van der Waals surface area contributed by atoms with Crippen molar-refractivity contribution < 1.29 is 23.8 Å². The molecular weight excluding hydrogens is 556 g/mol. The molecule has 9 nitrogen and oxygen atoms in total. The number of hydrogen-bond acceptors (Lipinski definition) is 8. The number of pyridine rings is 1. The second-order valence-electron chi connectivity index (χ2n) is 14.4. The fourth-order valence-electron chi connectivity index (χ4n) is 7.80. The fraction of sp³-hybridized carbons (Fsp3) is 0.629. The number of methoxy groups -OCH3 is 1. The minimum Gasteiger partial charge on any atom is -0.496 e. The highest BCUT2D eigenvalue weighted by atomic mass is 16.6.